The van der Waals surface area contributed by atoms with Crippen molar-refractivity contribution in [2.75, 3.05) is 13.1 Å². The van der Waals surface area contributed by atoms with Crippen LogP contribution in [0, 0.1) is 5.92 Å². The highest BCUT2D eigenvalue weighted by Crippen LogP contribution is 2.33. The van der Waals surface area contributed by atoms with E-state index in [-0.39, 0.29) is 5.91 Å². The normalized spacial score (nSPS) is 28.0. The lowest BCUT2D eigenvalue weighted by atomic mass is 9.85. The molecule has 0 bridgehead atoms. The van der Waals surface area contributed by atoms with E-state index in [0.29, 0.717) is 17.7 Å². The zero-order valence-corrected chi connectivity index (χ0v) is 16.0. The van der Waals surface area contributed by atoms with Crippen molar-refractivity contribution in [2.24, 2.45) is 17.4 Å². The number of carbonyl (C=O) groups is 1. The highest BCUT2D eigenvalue weighted by Gasteiger charge is 2.29. The van der Waals surface area contributed by atoms with Crippen LogP contribution in [0.2, 0.25) is 0 Å². The first-order valence-corrected chi connectivity index (χ1v) is 10.1. The number of primary amides is 1. The average Bonchev–Trinajstić information content (AvgIpc) is 3.08. The number of likely N-dealkylation sites (tertiary alicyclic amines) is 1. The van der Waals surface area contributed by atoms with Crippen LogP contribution in [0.4, 0.5) is 0 Å². The van der Waals surface area contributed by atoms with Gasteiger partial charge in [-0.25, -0.2) is 0 Å². The SMILES string of the molecule is C/C(C(N)=O)=C(/C[C@@H]1CCCN1CC1CCC(N)CC1)c1ccccc1. The predicted octanol–water partition coefficient (Wildman–Crippen LogP) is 3.32. The Morgan fingerprint density at radius 2 is 1.81 bits per heavy atom. The highest BCUT2D eigenvalue weighted by atomic mass is 16.1. The Labute approximate surface area is 157 Å². The lowest BCUT2D eigenvalue weighted by Crippen LogP contribution is -2.37. The maximum absolute atomic E-state index is 11.9. The fourth-order valence-corrected chi connectivity index (χ4v) is 4.58. The molecule has 1 heterocycles. The van der Waals surface area contributed by atoms with Gasteiger partial charge in [0.2, 0.25) is 5.91 Å². The van der Waals surface area contributed by atoms with Gasteiger partial charge in [0.15, 0.2) is 0 Å². The third kappa shape index (κ3) is 4.74. The van der Waals surface area contributed by atoms with Crippen LogP contribution in [-0.2, 0) is 4.79 Å². The van der Waals surface area contributed by atoms with Crippen molar-refractivity contribution in [3.05, 3.63) is 41.5 Å². The summed E-state index contributed by atoms with van der Waals surface area (Å²) < 4.78 is 0. The molecular formula is C22H33N3O. The van der Waals surface area contributed by atoms with Gasteiger partial charge in [0.05, 0.1) is 0 Å². The summed E-state index contributed by atoms with van der Waals surface area (Å²) in [6, 6.07) is 11.2. The Kier molecular flexibility index (Phi) is 6.49. The van der Waals surface area contributed by atoms with Gasteiger partial charge in [-0.15, -0.1) is 0 Å². The molecule has 0 unspecified atom stereocenters. The molecule has 4 nitrogen and oxygen atoms in total. The standard InChI is InChI=1S/C22H33N3O/c1-16(22(24)26)21(18-6-3-2-4-7-18)14-20-8-5-13-25(20)15-17-9-11-19(23)12-10-17/h2-4,6-7,17,19-20H,5,8-15,23H2,1H3,(H2,24,26)/b21-16+/t17?,19?,20-/m0/s1. The molecule has 4 N–H and O–H groups in total. The minimum atomic E-state index is -0.310. The van der Waals surface area contributed by atoms with Crippen LogP contribution in [0.15, 0.2) is 35.9 Å². The minimum absolute atomic E-state index is 0.310. The monoisotopic (exact) mass is 355 g/mol. The summed E-state index contributed by atoms with van der Waals surface area (Å²) in [5, 5.41) is 0. The van der Waals surface area contributed by atoms with Gasteiger partial charge in [0.25, 0.3) is 0 Å². The Hall–Kier alpha value is -1.65. The quantitative estimate of drug-likeness (QED) is 0.769. The van der Waals surface area contributed by atoms with Gasteiger partial charge in [-0.1, -0.05) is 30.3 Å². The van der Waals surface area contributed by atoms with Crippen molar-refractivity contribution in [1.82, 2.24) is 4.90 Å². The van der Waals surface area contributed by atoms with E-state index < -0.39 is 0 Å². The fraction of sp³-hybridized carbons (Fsp3) is 0.591. The molecule has 1 aromatic rings. The molecule has 1 amide bonds. The fourth-order valence-electron chi connectivity index (χ4n) is 4.58. The van der Waals surface area contributed by atoms with E-state index >= 15 is 0 Å². The molecule has 0 aromatic heterocycles. The van der Waals surface area contributed by atoms with Crippen LogP contribution in [0.5, 0.6) is 0 Å². The molecule has 1 atom stereocenters. The Bertz CT molecular complexity index is 632. The molecule has 4 heteroatoms. The molecule has 142 valence electrons. The first kappa shape index (κ1) is 19.1. The van der Waals surface area contributed by atoms with Crippen LogP contribution in [-0.4, -0.2) is 36.0 Å². The summed E-state index contributed by atoms with van der Waals surface area (Å²) in [7, 11) is 0. The average molecular weight is 356 g/mol. The van der Waals surface area contributed by atoms with Gasteiger partial charge in [-0.3, -0.25) is 9.69 Å². The second-order valence-electron chi connectivity index (χ2n) is 8.11. The molecule has 26 heavy (non-hydrogen) atoms. The molecule has 2 fully saturated rings. The van der Waals surface area contributed by atoms with Crippen molar-refractivity contribution < 1.29 is 4.79 Å². The molecule has 1 saturated carbocycles. The van der Waals surface area contributed by atoms with Crippen molar-refractivity contribution in [3.63, 3.8) is 0 Å². The summed E-state index contributed by atoms with van der Waals surface area (Å²) in [6.07, 6.45) is 8.20. The summed E-state index contributed by atoms with van der Waals surface area (Å²) in [5.41, 5.74) is 14.6. The van der Waals surface area contributed by atoms with Crippen molar-refractivity contribution in [2.45, 2.75) is 64.0 Å². The largest absolute Gasteiger partial charge is 0.366 e. The van der Waals surface area contributed by atoms with Crippen LogP contribution in [0.25, 0.3) is 5.57 Å². The van der Waals surface area contributed by atoms with E-state index in [1.54, 1.807) is 0 Å². The lowest BCUT2D eigenvalue weighted by Gasteiger charge is -2.33. The number of amides is 1. The van der Waals surface area contributed by atoms with Crippen LogP contribution in [0.3, 0.4) is 0 Å². The predicted molar refractivity (Wildman–Crippen MR) is 107 cm³/mol. The van der Waals surface area contributed by atoms with E-state index in [2.05, 4.69) is 17.0 Å². The number of hydrogen-bond donors (Lipinski definition) is 2. The first-order valence-electron chi connectivity index (χ1n) is 10.1. The van der Waals surface area contributed by atoms with Crippen molar-refractivity contribution in [1.29, 1.82) is 0 Å². The van der Waals surface area contributed by atoms with Crippen molar-refractivity contribution >= 4 is 11.5 Å². The van der Waals surface area contributed by atoms with Gasteiger partial charge in [0, 0.05) is 24.2 Å². The molecule has 2 aliphatic rings. The summed E-state index contributed by atoms with van der Waals surface area (Å²) in [4.78, 5) is 14.5. The van der Waals surface area contributed by atoms with E-state index in [1.807, 2.05) is 25.1 Å². The van der Waals surface area contributed by atoms with Crippen LogP contribution in [0.1, 0.15) is 57.4 Å². The number of rotatable bonds is 6. The van der Waals surface area contributed by atoms with Gasteiger partial charge in [-0.2, -0.15) is 0 Å². The smallest absolute Gasteiger partial charge is 0.244 e. The number of nitrogens with zero attached hydrogens (tertiary/aromatic N) is 1. The minimum Gasteiger partial charge on any atom is -0.366 e. The van der Waals surface area contributed by atoms with E-state index in [0.717, 1.165) is 23.5 Å². The molecular weight excluding hydrogens is 322 g/mol. The zero-order valence-electron chi connectivity index (χ0n) is 16.0. The Morgan fingerprint density at radius 1 is 1.12 bits per heavy atom. The number of nitrogens with two attached hydrogens (primary N) is 2. The number of hydrogen-bond acceptors (Lipinski definition) is 3. The van der Waals surface area contributed by atoms with Gasteiger partial charge >= 0.3 is 0 Å². The molecule has 0 radical (unpaired) electrons. The Morgan fingerprint density at radius 3 is 2.46 bits per heavy atom. The molecule has 1 aromatic carbocycles. The maximum atomic E-state index is 11.9. The molecule has 1 aliphatic heterocycles. The van der Waals surface area contributed by atoms with E-state index in [9.17, 15) is 4.79 Å². The summed E-state index contributed by atoms with van der Waals surface area (Å²) in [5.74, 6) is 0.464. The second kappa shape index (κ2) is 8.83. The first-order chi connectivity index (χ1) is 12.5. The number of benzene rings is 1. The summed E-state index contributed by atoms with van der Waals surface area (Å²) >= 11 is 0. The van der Waals surface area contributed by atoms with Crippen LogP contribution >= 0.6 is 0 Å². The lowest BCUT2D eigenvalue weighted by molar-refractivity contribution is -0.114. The van der Waals surface area contributed by atoms with E-state index in [1.165, 1.54) is 51.6 Å². The topological polar surface area (TPSA) is 72.4 Å². The third-order valence-corrected chi connectivity index (χ3v) is 6.27. The third-order valence-electron chi connectivity index (χ3n) is 6.27. The van der Waals surface area contributed by atoms with Crippen molar-refractivity contribution in [3.8, 4) is 0 Å². The Balaban J connectivity index is 1.71. The van der Waals surface area contributed by atoms with Gasteiger partial charge in [-0.05, 0) is 75.5 Å². The molecule has 1 aliphatic carbocycles. The van der Waals surface area contributed by atoms with E-state index in [4.69, 9.17) is 11.5 Å². The van der Waals surface area contributed by atoms with Crippen LogP contribution < -0.4 is 11.5 Å². The molecule has 1 saturated heterocycles. The summed E-state index contributed by atoms with van der Waals surface area (Å²) in [6.45, 7) is 4.21. The molecule has 3 rings (SSSR count). The zero-order chi connectivity index (χ0) is 18.5. The van der Waals surface area contributed by atoms with Gasteiger partial charge < -0.3 is 11.5 Å². The second-order valence-corrected chi connectivity index (χ2v) is 8.11. The number of carbonyl (C=O) groups excluding carboxylic acids is 1. The highest BCUT2D eigenvalue weighted by molar-refractivity contribution is 5.99. The molecule has 0 spiro atoms. The maximum Gasteiger partial charge on any atom is 0.244 e. The van der Waals surface area contributed by atoms with Gasteiger partial charge in [0.1, 0.15) is 0 Å².